The highest BCUT2D eigenvalue weighted by Gasteiger charge is 2.19. The number of carbonyl (C=O) groups is 2. The Kier molecular flexibility index (Phi) is 6.66. The molecule has 1 aromatic carbocycles. The van der Waals surface area contributed by atoms with E-state index in [0.717, 1.165) is 6.07 Å². The number of pyridine rings is 1. The van der Waals surface area contributed by atoms with Crippen LogP contribution in [0.5, 0.6) is 0 Å². The molecule has 0 bridgehead atoms. The van der Waals surface area contributed by atoms with Crippen molar-refractivity contribution in [1.82, 2.24) is 4.98 Å². The monoisotopic (exact) mass is 385 g/mol. The van der Waals surface area contributed by atoms with Gasteiger partial charge in [0, 0.05) is 17.8 Å². The summed E-state index contributed by atoms with van der Waals surface area (Å²) in [5.41, 5.74) is 1.59. The number of aromatic amines is 1. The number of halogens is 1. The summed E-state index contributed by atoms with van der Waals surface area (Å²) in [6.45, 7) is 4.75. The third kappa shape index (κ3) is 5.04. The van der Waals surface area contributed by atoms with Crippen LogP contribution in [0.1, 0.15) is 35.7 Å². The zero-order valence-electron chi connectivity index (χ0n) is 15.8. The number of aryl methyl sites for hydroxylation is 1. The van der Waals surface area contributed by atoms with E-state index in [1.807, 2.05) is 6.07 Å². The van der Waals surface area contributed by atoms with E-state index in [1.165, 1.54) is 25.1 Å². The molecule has 0 unspecified atom stereocenters. The number of aromatic nitrogens is 1. The van der Waals surface area contributed by atoms with Gasteiger partial charge in [0.25, 0.3) is 11.5 Å². The normalized spacial score (nSPS) is 11.4. The molecule has 0 aliphatic heterocycles. The molecule has 1 aromatic heterocycles. The Morgan fingerprint density at radius 2 is 2.07 bits per heavy atom. The molecule has 146 valence electrons. The minimum absolute atomic E-state index is 0.0109. The zero-order valence-corrected chi connectivity index (χ0v) is 15.8. The number of anilines is 1. The molecule has 1 atom stereocenters. The van der Waals surface area contributed by atoms with Gasteiger partial charge in [-0.15, -0.1) is 0 Å². The van der Waals surface area contributed by atoms with Crippen molar-refractivity contribution < 1.29 is 18.7 Å². The quantitative estimate of drug-likeness (QED) is 0.742. The summed E-state index contributed by atoms with van der Waals surface area (Å²) in [6, 6.07) is 7.22. The van der Waals surface area contributed by atoms with E-state index in [2.05, 4.69) is 10.3 Å². The van der Waals surface area contributed by atoms with Crippen molar-refractivity contribution in [2.75, 3.05) is 5.32 Å². The number of nitrogens with one attached hydrogen (secondary N) is 2. The second-order valence-corrected chi connectivity index (χ2v) is 6.30. The van der Waals surface area contributed by atoms with Gasteiger partial charge in [-0.1, -0.05) is 6.07 Å². The summed E-state index contributed by atoms with van der Waals surface area (Å²) < 4.78 is 18.3. The van der Waals surface area contributed by atoms with Crippen molar-refractivity contribution in [2.45, 2.75) is 39.7 Å². The third-order valence-corrected chi connectivity index (χ3v) is 4.27. The fourth-order valence-electron chi connectivity index (χ4n) is 2.77. The lowest BCUT2D eigenvalue weighted by atomic mass is 9.99. The number of ether oxygens (including phenoxy) is 1. The lowest BCUT2D eigenvalue weighted by Gasteiger charge is -2.14. The van der Waals surface area contributed by atoms with E-state index in [9.17, 15) is 18.8 Å². The number of hydrogen-bond acceptors (Lipinski definition) is 5. The number of hydrogen-bond donors (Lipinski definition) is 2. The highest BCUT2D eigenvalue weighted by atomic mass is 19.1. The zero-order chi connectivity index (χ0) is 20.8. The first-order valence-electron chi connectivity index (χ1n) is 8.61. The van der Waals surface area contributed by atoms with Gasteiger partial charge in [-0.05, 0) is 56.5 Å². The summed E-state index contributed by atoms with van der Waals surface area (Å²) in [5.74, 6) is -1.68. The molecule has 0 aliphatic carbocycles. The summed E-state index contributed by atoms with van der Waals surface area (Å²) in [5, 5.41) is 11.6. The summed E-state index contributed by atoms with van der Waals surface area (Å²) in [7, 11) is 0. The number of nitriles is 1. The molecule has 28 heavy (non-hydrogen) atoms. The third-order valence-electron chi connectivity index (χ3n) is 4.27. The molecule has 1 heterocycles. The number of H-pyrrole nitrogens is 1. The van der Waals surface area contributed by atoms with Gasteiger partial charge in [-0.25, -0.2) is 4.39 Å². The van der Waals surface area contributed by atoms with Gasteiger partial charge in [-0.2, -0.15) is 5.26 Å². The Morgan fingerprint density at radius 1 is 1.36 bits per heavy atom. The number of esters is 1. The summed E-state index contributed by atoms with van der Waals surface area (Å²) >= 11 is 0. The molecular formula is C20H20FN3O4. The van der Waals surface area contributed by atoms with Gasteiger partial charge in [0.1, 0.15) is 17.4 Å². The molecule has 7 nitrogen and oxygen atoms in total. The van der Waals surface area contributed by atoms with Crippen LogP contribution >= 0.6 is 0 Å². The van der Waals surface area contributed by atoms with E-state index in [-0.39, 0.29) is 24.1 Å². The molecule has 0 spiro atoms. The predicted octanol–water partition coefficient (Wildman–Crippen LogP) is 2.51. The lowest BCUT2D eigenvalue weighted by Crippen LogP contribution is -2.30. The van der Waals surface area contributed by atoms with Gasteiger partial charge in [0.15, 0.2) is 6.10 Å². The van der Waals surface area contributed by atoms with E-state index >= 15 is 0 Å². The van der Waals surface area contributed by atoms with Crippen molar-refractivity contribution in [3.05, 3.63) is 62.8 Å². The van der Waals surface area contributed by atoms with Gasteiger partial charge in [-0.3, -0.25) is 14.4 Å². The molecule has 2 aromatic rings. The first-order valence-corrected chi connectivity index (χ1v) is 8.61. The van der Waals surface area contributed by atoms with Crippen molar-refractivity contribution in [2.24, 2.45) is 0 Å². The van der Waals surface area contributed by atoms with E-state index in [4.69, 9.17) is 10.00 Å². The van der Waals surface area contributed by atoms with Gasteiger partial charge in [0.05, 0.1) is 0 Å². The van der Waals surface area contributed by atoms with Crippen LogP contribution in [-0.2, 0) is 20.7 Å². The maximum Gasteiger partial charge on any atom is 0.306 e. The number of carbonyl (C=O) groups excluding carboxylic acids is 2. The largest absolute Gasteiger partial charge is 0.453 e. The molecule has 2 rings (SSSR count). The highest BCUT2D eigenvalue weighted by molar-refractivity contribution is 5.95. The fraction of sp³-hybridized carbons (Fsp3) is 0.300. The van der Waals surface area contributed by atoms with Crippen molar-refractivity contribution >= 4 is 17.6 Å². The van der Waals surface area contributed by atoms with Gasteiger partial charge in [0.2, 0.25) is 0 Å². The minimum Gasteiger partial charge on any atom is -0.453 e. The molecule has 0 saturated carbocycles. The lowest BCUT2D eigenvalue weighted by molar-refractivity contribution is -0.153. The van der Waals surface area contributed by atoms with Gasteiger partial charge < -0.3 is 15.0 Å². The van der Waals surface area contributed by atoms with Crippen LogP contribution in [-0.4, -0.2) is 23.0 Å². The second kappa shape index (κ2) is 8.95. The van der Waals surface area contributed by atoms with Crippen LogP contribution in [0.3, 0.4) is 0 Å². The predicted molar refractivity (Wildman–Crippen MR) is 100 cm³/mol. The van der Waals surface area contributed by atoms with Crippen LogP contribution in [0.2, 0.25) is 0 Å². The van der Waals surface area contributed by atoms with Crippen LogP contribution in [0.15, 0.2) is 29.1 Å². The van der Waals surface area contributed by atoms with E-state index in [0.29, 0.717) is 16.8 Å². The standard InChI is InChI=1S/C20H20FN3O4/c1-11-16(12(2)23-20(27)17(11)10-22)7-8-18(25)28-13(3)19(26)24-15-6-4-5-14(21)9-15/h4-6,9,13H,7-8H2,1-3H3,(H,23,27)(H,24,26)/t13-/m1/s1. The summed E-state index contributed by atoms with van der Waals surface area (Å²) in [4.78, 5) is 38.5. The molecule has 0 aliphatic rings. The first-order chi connectivity index (χ1) is 13.2. The topological polar surface area (TPSA) is 112 Å². The number of amides is 1. The first kappa shape index (κ1) is 20.8. The molecule has 0 saturated heterocycles. The minimum atomic E-state index is -1.07. The Bertz CT molecular complexity index is 1010. The number of nitrogens with zero attached hydrogens (tertiary/aromatic N) is 1. The molecule has 2 N–H and O–H groups in total. The van der Waals surface area contributed by atoms with E-state index < -0.39 is 29.4 Å². The van der Waals surface area contributed by atoms with Crippen molar-refractivity contribution in [1.29, 1.82) is 5.26 Å². The average Bonchev–Trinajstić information content (AvgIpc) is 2.61. The number of rotatable bonds is 6. The fourth-order valence-corrected chi connectivity index (χ4v) is 2.77. The molecule has 1 amide bonds. The maximum atomic E-state index is 13.2. The van der Waals surface area contributed by atoms with Gasteiger partial charge >= 0.3 is 5.97 Å². The Balaban J connectivity index is 1.96. The molecule has 0 radical (unpaired) electrons. The van der Waals surface area contributed by atoms with Crippen molar-refractivity contribution in [3.8, 4) is 6.07 Å². The molecular weight excluding hydrogens is 365 g/mol. The van der Waals surface area contributed by atoms with Crippen LogP contribution in [0.4, 0.5) is 10.1 Å². The Hall–Kier alpha value is -3.47. The smallest absolute Gasteiger partial charge is 0.306 e. The van der Waals surface area contributed by atoms with Crippen molar-refractivity contribution in [3.63, 3.8) is 0 Å². The second-order valence-electron chi connectivity index (χ2n) is 6.30. The maximum absolute atomic E-state index is 13.2. The summed E-state index contributed by atoms with van der Waals surface area (Å²) in [6.07, 6.45) is -0.848. The Labute approximate surface area is 161 Å². The molecule has 0 fully saturated rings. The van der Waals surface area contributed by atoms with Crippen LogP contribution < -0.4 is 10.9 Å². The SMILES string of the molecule is Cc1[nH]c(=O)c(C#N)c(C)c1CCC(=O)O[C@H](C)C(=O)Nc1cccc(F)c1. The highest BCUT2D eigenvalue weighted by Crippen LogP contribution is 2.16. The molecule has 8 heteroatoms. The van der Waals surface area contributed by atoms with Crippen LogP contribution in [0.25, 0.3) is 0 Å². The van der Waals surface area contributed by atoms with Crippen LogP contribution in [0, 0.1) is 31.0 Å². The van der Waals surface area contributed by atoms with E-state index in [1.54, 1.807) is 13.8 Å². The number of benzene rings is 1. The average molecular weight is 385 g/mol. The Morgan fingerprint density at radius 3 is 2.71 bits per heavy atom.